The molecule has 12 heteroatoms. The highest BCUT2D eigenvalue weighted by atomic mass is 127. The van der Waals surface area contributed by atoms with Gasteiger partial charge in [0.15, 0.2) is 6.20 Å². The Morgan fingerprint density at radius 3 is 1.88 bits per heavy atom. The number of amides is 3. The van der Waals surface area contributed by atoms with Crippen molar-refractivity contribution in [3.8, 4) is 0 Å². The molecule has 284 valence electrons. The van der Waals surface area contributed by atoms with Gasteiger partial charge in [-0.15, -0.1) is 0 Å². The van der Waals surface area contributed by atoms with Gasteiger partial charge < -0.3 is 39.3 Å². The summed E-state index contributed by atoms with van der Waals surface area (Å²) in [7, 11) is -3.99. The number of nitrogens with zero attached hydrogens (tertiary/aromatic N) is 2. The molecule has 2 aromatic rings. The summed E-state index contributed by atoms with van der Waals surface area (Å²) >= 11 is 0. The van der Waals surface area contributed by atoms with Gasteiger partial charge in [0.1, 0.15) is 13.2 Å². The van der Waals surface area contributed by atoms with Crippen molar-refractivity contribution < 1.29 is 56.1 Å². The van der Waals surface area contributed by atoms with Gasteiger partial charge in [0, 0.05) is 44.3 Å². The normalized spacial score (nSPS) is 11.8. The minimum Gasteiger partial charge on any atom is -1.00 e. The van der Waals surface area contributed by atoms with Gasteiger partial charge in [0.2, 0.25) is 27.4 Å². The summed E-state index contributed by atoms with van der Waals surface area (Å²) in [5.74, 6) is -1.34. The molecule has 2 rings (SSSR count). The van der Waals surface area contributed by atoms with E-state index < -0.39 is 34.0 Å². The summed E-state index contributed by atoms with van der Waals surface area (Å²) in [4.78, 5) is 36.6. The van der Waals surface area contributed by atoms with Gasteiger partial charge in [-0.1, -0.05) is 115 Å². The number of aromatic nitrogens is 1. The first-order valence-electron chi connectivity index (χ1n) is 18.7. The molecule has 0 saturated carbocycles. The van der Waals surface area contributed by atoms with E-state index in [1.165, 1.54) is 97.3 Å². The van der Waals surface area contributed by atoms with Crippen molar-refractivity contribution in [1.29, 1.82) is 0 Å². The average molecular weight is 831 g/mol. The smallest absolute Gasteiger partial charge is 0.407 e. The van der Waals surface area contributed by atoms with Crippen LogP contribution in [0.25, 0.3) is 10.9 Å². The Kier molecular flexibility index (Phi) is 24.8. The number of aryl methyl sites for hydroxylation is 1. The van der Waals surface area contributed by atoms with Crippen molar-refractivity contribution in [3.63, 3.8) is 0 Å². The monoisotopic (exact) mass is 830 g/mol. The molecule has 0 bridgehead atoms. The molecular weight excluding hydrogens is 767 g/mol. The maximum absolute atomic E-state index is 13.2. The number of ether oxygens (including phenoxy) is 1. The molecule has 0 saturated heterocycles. The van der Waals surface area contributed by atoms with Gasteiger partial charge in [-0.2, -0.15) is 4.57 Å². The van der Waals surface area contributed by atoms with Crippen LogP contribution < -0.4 is 39.2 Å². The Labute approximate surface area is 318 Å². The van der Waals surface area contributed by atoms with E-state index in [2.05, 4.69) is 17.6 Å². The first-order chi connectivity index (χ1) is 23.6. The topological polar surface area (TPSA) is 126 Å². The highest BCUT2D eigenvalue weighted by Gasteiger charge is 2.29. The fourth-order valence-electron chi connectivity index (χ4n) is 6.10. The average Bonchev–Trinajstić information content (AvgIpc) is 3.07. The van der Waals surface area contributed by atoms with Crippen molar-refractivity contribution in [2.24, 2.45) is 0 Å². The van der Waals surface area contributed by atoms with E-state index in [1.54, 1.807) is 0 Å². The zero-order valence-corrected chi connectivity index (χ0v) is 33.8. The number of para-hydroxylation sites is 1. The van der Waals surface area contributed by atoms with Crippen LogP contribution >= 0.6 is 0 Å². The zero-order valence-electron chi connectivity index (χ0n) is 30.8. The van der Waals surface area contributed by atoms with Crippen molar-refractivity contribution >= 4 is 38.8 Å². The number of fused-ring (bicyclic) bond motifs is 1. The van der Waals surface area contributed by atoms with Crippen molar-refractivity contribution in [2.75, 3.05) is 25.4 Å². The lowest BCUT2D eigenvalue weighted by Gasteiger charge is -2.26. The summed E-state index contributed by atoms with van der Waals surface area (Å²) in [5, 5.41) is 6.39. The fourth-order valence-corrected chi connectivity index (χ4v) is 7.61. The molecule has 0 fully saturated rings. The van der Waals surface area contributed by atoms with Crippen LogP contribution in [-0.2, 0) is 30.9 Å². The maximum Gasteiger partial charge on any atom is 0.407 e. The molecule has 1 aromatic heterocycles. The fraction of sp³-hybridized carbons (Fsp3) is 0.684. The second-order valence-corrected chi connectivity index (χ2v) is 15.2. The molecule has 1 atom stereocenters. The van der Waals surface area contributed by atoms with Crippen LogP contribution in [0.3, 0.4) is 0 Å². The number of hydrogen-bond donors (Lipinski definition) is 2. The van der Waals surface area contributed by atoms with E-state index >= 15 is 0 Å². The molecule has 0 aliphatic heterocycles. The van der Waals surface area contributed by atoms with Crippen LogP contribution in [0.4, 0.5) is 4.79 Å². The number of alkyl carbamates (subject to hydrolysis) is 1. The molecule has 50 heavy (non-hydrogen) atoms. The SMILES string of the molecule is CCCCCCCCCCCCCCCCCCNC(=O)OCC(CN(C(C)=O)S(=O)(=O)CCC[n+]1cccc2ccccc21)NC(C)=O.[I-]. The molecule has 3 amide bonds. The number of sulfonamides is 1. The molecule has 1 aromatic carbocycles. The van der Waals surface area contributed by atoms with E-state index in [9.17, 15) is 22.8 Å². The molecule has 0 aliphatic carbocycles. The molecular formula is C38H63IN4O6S. The first kappa shape index (κ1) is 45.5. The van der Waals surface area contributed by atoms with Crippen molar-refractivity contribution in [1.82, 2.24) is 14.9 Å². The number of halogens is 1. The lowest BCUT2D eigenvalue weighted by atomic mass is 10.0. The molecule has 1 unspecified atom stereocenters. The standard InChI is InChI=1S/C38H62N4O6S.HI/c1-4-5-6-7-8-9-10-11-12-13-14-15-16-17-18-21-27-39-38(45)48-32-36(40-33(2)43)31-42(34(3)44)49(46,47)30-23-29-41-28-22-25-35-24-19-20-26-37(35)41;/h19-20,22,24-26,28,36H,4-18,21,23,27,29-32H2,1-3H3,(H-,39,40,43,45);1H. The van der Waals surface area contributed by atoms with Gasteiger partial charge >= 0.3 is 6.09 Å². The largest absolute Gasteiger partial charge is 1.00 e. The number of nitrogens with one attached hydrogen (secondary N) is 2. The maximum atomic E-state index is 13.2. The van der Waals surface area contributed by atoms with Crippen LogP contribution in [0.5, 0.6) is 0 Å². The third kappa shape index (κ3) is 19.8. The van der Waals surface area contributed by atoms with Crippen molar-refractivity contribution in [3.05, 3.63) is 42.6 Å². The number of rotatable bonds is 27. The first-order valence-corrected chi connectivity index (χ1v) is 20.3. The molecule has 0 spiro atoms. The Balaban J connectivity index is 0.0000125. The Morgan fingerprint density at radius 1 is 0.780 bits per heavy atom. The van der Waals surface area contributed by atoms with Crippen LogP contribution in [0.2, 0.25) is 0 Å². The summed E-state index contributed by atoms with van der Waals surface area (Å²) in [6.45, 7) is 5.05. The number of hydrogen-bond acceptors (Lipinski definition) is 6. The molecule has 1 heterocycles. The van der Waals surface area contributed by atoms with E-state index in [0.29, 0.717) is 13.1 Å². The van der Waals surface area contributed by atoms with Gasteiger partial charge in [-0.25, -0.2) is 17.5 Å². The number of benzene rings is 1. The minimum absolute atomic E-state index is 0. The Hall–Kier alpha value is -2.48. The van der Waals surface area contributed by atoms with Crippen LogP contribution in [0.1, 0.15) is 130 Å². The highest BCUT2D eigenvalue weighted by Crippen LogP contribution is 2.14. The number of unbranched alkanes of at least 4 members (excludes halogenated alkanes) is 15. The zero-order chi connectivity index (χ0) is 35.7. The lowest BCUT2D eigenvalue weighted by molar-refractivity contribution is -0.671. The summed E-state index contributed by atoms with van der Waals surface area (Å²) in [6, 6.07) is 10.9. The van der Waals surface area contributed by atoms with Gasteiger partial charge in [0.25, 0.3) is 0 Å². The second kappa shape index (κ2) is 27.2. The van der Waals surface area contributed by atoms with E-state index in [1.807, 2.05) is 47.2 Å². The third-order valence-electron chi connectivity index (χ3n) is 8.79. The lowest BCUT2D eigenvalue weighted by Crippen LogP contribution is -3.00. The molecule has 0 aliphatic rings. The van der Waals surface area contributed by atoms with Crippen molar-refractivity contribution in [2.45, 2.75) is 143 Å². The second-order valence-electron chi connectivity index (χ2n) is 13.2. The van der Waals surface area contributed by atoms with Gasteiger partial charge in [0.05, 0.1) is 18.3 Å². The summed E-state index contributed by atoms with van der Waals surface area (Å²) in [5.41, 5.74) is 0.988. The van der Waals surface area contributed by atoms with E-state index in [-0.39, 0.29) is 49.3 Å². The quantitative estimate of drug-likeness (QED) is 0.0791. The number of pyridine rings is 1. The van der Waals surface area contributed by atoms with Crippen LogP contribution in [0, 0.1) is 0 Å². The number of carbonyl (C=O) groups is 3. The molecule has 2 N–H and O–H groups in total. The Bertz CT molecular complexity index is 1350. The summed E-state index contributed by atoms with van der Waals surface area (Å²) < 4.78 is 34.5. The minimum atomic E-state index is -3.99. The van der Waals surface area contributed by atoms with Gasteiger partial charge in [-0.05, 0) is 18.6 Å². The van der Waals surface area contributed by atoms with Crippen LogP contribution in [-0.4, -0.2) is 62.1 Å². The third-order valence-corrected chi connectivity index (χ3v) is 10.7. The van der Waals surface area contributed by atoms with E-state index in [0.717, 1.165) is 34.5 Å². The Morgan fingerprint density at radius 2 is 1.32 bits per heavy atom. The van der Waals surface area contributed by atoms with E-state index in [4.69, 9.17) is 4.74 Å². The molecule has 10 nitrogen and oxygen atoms in total. The predicted molar refractivity (Wildman–Crippen MR) is 196 cm³/mol. The van der Waals surface area contributed by atoms with Gasteiger partial charge in [-0.3, -0.25) is 9.59 Å². The number of carbonyl (C=O) groups excluding carboxylic acids is 3. The predicted octanol–water partition coefficient (Wildman–Crippen LogP) is 4.19. The van der Waals surface area contributed by atoms with Crippen LogP contribution in [0.15, 0.2) is 42.6 Å². The highest BCUT2D eigenvalue weighted by molar-refractivity contribution is 7.89. The summed E-state index contributed by atoms with van der Waals surface area (Å²) in [6.07, 6.45) is 22.0. The molecule has 0 radical (unpaired) electrons.